The molecule has 0 radical (unpaired) electrons. The molecule has 21 heavy (non-hydrogen) atoms. The maximum atomic E-state index is 12.6. The van der Waals surface area contributed by atoms with Gasteiger partial charge in [-0.1, -0.05) is 13.8 Å². The first-order valence-corrected chi connectivity index (χ1v) is 6.63. The summed E-state index contributed by atoms with van der Waals surface area (Å²) in [6.07, 6.45) is 4.65. The van der Waals surface area contributed by atoms with Crippen LogP contribution in [0.5, 0.6) is 0 Å². The molecule has 0 bridgehead atoms. The van der Waals surface area contributed by atoms with Gasteiger partial charge in [-0.15, -0.1) is 0 Å². The summed E-state index contributed by atoms with van der Waals surface area (Å²) in [5.41, 5.74) is 2.36. The second kappa shape index (κ2) is 5.10. The van der Waals surface area contributed by atoms with E-state index in [1.54, 1.807) is 18.5 Å². The predicted octanol–water partition coefficient (Wildman–Crippen LogP) is 1.10. The van der Waals surface area contributed by atoms with Crippen LogP contribution in [-0.2, 0) is 6.61 Å². The van der Waals surface area contributed by atoms with Crippen molar-refractivity contribution in [1.29, 1.82) is 0 Å². The Kier molecular flexibility index (Phi) is 3.26. The molecule has 0 amide bonds. The van der Waals surface area contributed by atoms with E-state index < -0.39 is 0 Å². The van der Waals surface area contributed by atoms with Gasteiger partial charge in [0.1, 0.15) is 6.33 Å². The number of rotatable bonds is 3. The van der Waals surface area contributed by atoms with Crippen molar-refractivity contribution >= 4 is 5.78 Å². The molecule has 108 valence electrons. The Bertz CT molecular complexity index is 850. The Labute approximate surface area is 120 Å². The fourth-order valence-electron chi connectivity index (χ4n) is 2.31. The Morgan fingerprint density at radius 2 is 2.19 bits per heavy atom. The van der Waals surface area contributed by atoms with E-state index in [0.717, 1.165) is 0 Å². The first-order chi connectivity index (χ1) is 10.1. The summed E-state index contributed by atoms with van der Waals surface area (Å²) in [5, 5.41) is 12.0. The number of aliphatic hydroxyl groups excluding tert-OH is 1. The molecule has 7 nitrogen and oxygen atoms in total. The summed E-state index contributed by atoms with van der Waals surface area (Å²) in [5.74, 6) is 0.312. The highest BCUT2D eigenvalue weighted by Gasteiger charge is 2.18. The summed E-state index contributed by atoms with van der Waals surface area (Å²) < 4.78 is 1.32. The van der Waals surface area contributed by atoms with Gasteiger partial charge in [-0.25, -0.2) is 9.97 Å². The number of H-pyrrole nitrogens is 1. The molecule has 0 saturated carbocycles. The number of hydrogen-bond acceptors (Lipinski definition) is 5. The van der Waals surface area contributed by atoms with E-state index in [-0.39, 0.29) is 18.1 Å². The first-order valence-electron chi connectivity index (χ1n) is 6.63. The Hall–Kier alpha value is -2.54. The van der Waals surface area contributed by atoms with Crippen molar-refractivity contribution in [2.75, 3.05) is 0 Å². The number of nitrogens with one attached hydrogen (secondary N) is 1. The summed E-state index contributed by atoms with van der Waals surface area (Å²) >= 11 is 0. The third-order valence-electron chi connectivity index (χ3n) is 3.30. The van der Waals surface area contributed by atoms with E-state index in [1.807, 2.05) is 13.8 Å². The van der Waals surface area contributed by atoms with Crippen molar-refractivity contribution in [2.24, 2.45) is 0 Å². The molecule has 3 rings (SSSR count). The van der Waals surface area contributed by atoms with Crippen LogP contribution in [0.25, 0.3) is 17.0 Å². The Morgan fingerprint density at radius 3 is 2.90 bits per heavy atom. The maximum absolute atomic E-state index is 12.6. The molecule has 7 heteroatoms. The summed E-state index contributed by atoms with van der Waals surface area (Å²) in [6.45, 7) is 3.77. The summed E-state index contributed by atoms with van der Waals surface area (Å²) in [6, 6.07) is 1.78. The maximum Gasteiger partial charge on any atom is 0.278 e. The van der Waals surface area contributed by atoms with Gasteiger partial charge in [0.05, 0.1) is 12.3 Å². The molecule has 3 aromatic rings. The zero-order chi connectivity index (χ0) is 15.0. The first kappa shape index (κ1) is 13.4. The minimum absolute atomic E-state index is 0.00187. The third-order valence-corrected chi connectivity index (χ3v) is 3.30. The topological polar surface area (TPSA) is 96.2 Å². The number of aliphatic hydroxyl groups is 1. The van der Waals surface area contributed by atoms with Gasteiger partial charge >= 0.3 is 0 Å². The van der Waals surface area contributed by atoms with Crippen molar-refractivity contribution in [2.45, 2.75) is 26.4 Å². The zero-order valence-electron chi connectivity index (χ0n) is 11.7. The van der Waals surface area contributed by atoms with Crippen LogP contribution in [0.3, 0.4) is 0 Å². The Morgan fingerprint density at radius 1 is 1.38 bits per heavy atom. The van der Waals surface area contributed by atoms with E-state index in [4.69, 9.17) is 0 Å². The van der Waals surface area contributed by atoms with Crippen molar-refractivity contribution in [3.63, 3.8) is 0 Å². The van der Waals surface area contributed by atoms with Crippen LogP contribution in [-0.4, -0.2) is 29.7 Å². The second-order valence-corrected chi connectivity index (χ2v) is 5.10. The van der Waals surface area contributed by atoms with Gasteiger partial charge < -0.3 is 5.11 Å². The SMILES string of the molecule is CC(C)c1c(-c2cncc(CO)c2)nc2nc[nH]n2c1=O. The largest absolute Gasteiger partial charge is 0.392 e. The molecule has 0 aliphatic heterocycles. The minimum atomic E-state index is -0.170. The highest BCUT2D eigenvalue weighted by atomic mass is 16.3. The lowest BCUT2D eigenvalue weighted by Crippen LogP contribution is -2.22. The standard InChI is InChI=1S/C14H15N5O2/c1-8(2)11-12(10-3-9(6-20)4-15-5-10)18-14-16-7-17-19(14)13(11)21/h3-5,7-8,20H,6H2,1-2H3,(H,16,17,18). The summed E-state index contributed by atoms with van der Waals surface area (Å²) in [7, 11) is 0. The molecule has 2 N–H and O–H groups in total. The molecule has 0 unspecified atom stereocenters. The monoisotopic (exact) mass is 285 g/mol. The molecule has 0 aromatic carbocycles. The molecular formula is C14H15N5O2. The zero-order valence-corrected chi connectivity index (χ0v) is 11.7. The molecule has 0 spiro atoms. The number of aromatic amines is 1. The quantitative estimate of drug-likeness (QED) is 0.751. The van der Waals surface area contributed by atoms with Gasteiger partial charge in [-0.2, -0.15) is 4.52 Å². The normalized spacial score (nSPS) is 11.4. The van der Waals surface area contributed by atoms with Crippen molar-refractivity contribution in [1.82, 2.24) is 24.6 Å². The van der Waals surface area contributed by atoms with Gasteiger partial charge in [0.15, 0.2) is 0 Å². The van der Waals surface area contributed by atoms with E-state index in [0.29, 0.717) is 28.2 Å². The number of hydrogen-bond donors (Lipinski definition) is 2. The van der Waals surface area contributed by atoms with Gasteiger partial charge in [0, 0.05) is 23.5 Å². The lowest BCUT2D eigenvalue weighted by molar-refractivity contribution is 0.281. The fourth-order valence-corrected chi connectivity index (χ4v) is 2.31. The number of aromatic nitrogens is 5. The van der Waals surface area contributed by atoms with Gasteiger partial charge in [-0.3, -0.25) is 14.9 Å². The molecule has 3 heterocycles. The predicted molar refractivity (Wildman–Crippen MR) is 76.9 cm³/mol. The van der Waals surface area contributed by atoms with Crippen LogP contribution in [0.4, 0.5) is 0 Å². The van der Waals surface area contributed by atoms with Crippen molar-refractivity contribution in [3.8, 4) is 11.3 Å². The minimum Gasteiger partial charge on any atom is -0.392 e. The third kappa shape index (κ3) is 2.21. The lowest BCUT2D eigenvalue weighted by Gasteiger charge is -2.11. The number of fused-ring (bicyclic) bond motifs is 1. The number of pyridine rings is 1. The van der Waals surface area contributed by atoms with Crippen LogP contribution < -0.4 is 5.56 Å². The van der Waals surface area contributed by atoms with Crippen LogP contribution in [0.1, 0.15) is 30.9 Å². The van der Waals surface area contributed by atoms with E-state index in [2.05, 4.69) is 20.1 Å². The van der Waals surface area contributed by atoms with Crippen LogP contribution in [0, 0.1) is 0 Å². The molecule has 0 aliphatic rings. The van der Waals surface area contributed by atoms with Gasteiger partial charge in [-0.05, 0) is 17.5 Å². The van der Waals surface area contributed by atoms with Crippen molar-refractivity contribution < 1.29 is 5.11 Å². The molecular weight excluding hydrogens is 270 g/mol. The highest BCUT2D eigenvalue weighted by molar-refractivity contribution is 5.64. The van der Waals surface area contributed by atoms with E-state index in [1.165, 1.54) is 10.8 Å². The summed E-state index contributed by atoms with van der Waals surface area (Å²) in [4.78, 5) is 25.2. The fraction of sp³-hybridized carbons (Fsp3) is 0.286. The lowest BCUT2D eigenvalue weighted by atomic mass is 9.98. The number of nitrogens with zero attached hydrogens (tertiary/aromatic N) is 4. The average Bonchev–Trinajstić information content (AvgIpc) is 2.95. The van der Waals surface area contributed by atoms with Crippen LogP contribution in [0.15, 0.2) is 29.6 Å². The molecule has 3 aromatic heterocycles. The van der Waals surface area contributed by atoms with Gasteiger partial charge in [0.2, 0.25) is 0 Å². The Balaban J connectivity index is 2.34. The van der Waals surface area contributed by atoms with E-state index >= 15 is 0 Å². The molecule has 0 aliphatic carbocycles. The smallest absolute Gasteiger partial charge is 0.278 e. The molecule has 0 fully saturated rings. The average molecular weight is 285 g/mol. The highest BCUT2D eigenvalue weighted by Crippen LogP contribution is 2.25. The second-order valence-electron chi connectivity index (χ2n) is 5.10. The molecule has 0 saturated heterocycles. The van der Waals surface area contributed by atoms with Crippen molar-refractivity contribution in [3.05, 3.63) is 46.3 Å². The van der Waals surface area contributed by atoms with Crippen LogP contribution in [0.2, 0.25) is 0 Å². The van der Waals surface area contributed by atoms with E-state index in [9.17, 15) is 9.90 Å². The molecule has 0 atom stereocenters. The van der Waals surface area contributed by atoms with Crippen LogP contribution >= 0.6 is 0 Å². The van der Waals surface area contributed by atoms with Gasteiger partial charge in [0.25, 0.3) is 11.3 Å².